The molecule has 4 aromatic rings. The average molecular weight is 435 g/mol. The maximum absolute atomic E-state index is 13.2. The highest BCUT2D eigenvalue weighted by atomic mass is 19.1. The molecular formula is C23H22FN5O3. The van der Waals surface area contributed by atoms with Crippen LogP contribution >= 0.6 is 0 Å². The van der Waals surface area contributed by atoms with Crippen LogP contribution in [0.3, 0.4) is 0 Å². The number of nitrogens with zero attached hydrogens (tertiary/aromatic N) is 4. The third-order valence-electron chi connectivity index (χ3n) is 4.96. The number of benzene rings is 2. The van der Waals surface area contributed by atoms with Crippen LogP contribution in [0.4, 0.5) is 10.1 Å². The van der Waals surface area contributed by atoms with Crippen molar-refractivity contribution in [2.75, 3.05) is 11.9 Å². The van der Waals surface area contributed by atoms with Crippen molar-refractivity contribution in [1.29, 1.82) is 0 Å². The minimum absolute atomic E-state index is 0.104. The number of halogens is 1. The van der Waals surface area contributed by atoms with Crippen LogP contribution in [-0.2, 0) is 11.3 Å². The molecule has 32 heavy (non-hydrogen) atoms. The van der Waals surface area contributed by atoms with Gasteiger partial charge in [-0.25, -0.2) is 14.1 Å². The Morgan fingerprint density at radius 3 is 2.53 bits per heavy atom. The third kappa shape index (κ3) is 4.36. The van der Waals surface area contributed by atoms with Crippen LogP contribution < -0.4 is 15.6 Å². The number of fused-ring (bicyclic) bond motifs is 1. The predicted molar refractivity (Wildman–Crippen MR) is 119 cm³/mol. The van der Waals surface area contributed by atoms with Gasteiger partial charge in [0.15, 0.2) is 5.65 Å². The van der Waals surface area contributed by atoms with Crippen LogP contribution in [0.1, 0.15) is 19.2 Å². The third-order valence-corrected chi connectivity index (χ3v) is 4.96. The first-order chi connectivity index (χ1) is 15.5. The molecule has 1 amide bonds. The number of anilines is 1. The minimum Gasteiger partial charge on any atom is -0.494 e. The lowest BCUT2D eigenvalue weighted by atomic mass is 10.3. The molecule has 2 aromatic carbocycles. The van der Waals surface area contributed by atoms with E-state index in [0.717, 1.165) is 5.75 Å². The van der Waals surface area contributed by atoms with Crippen molar-refractivity contribution in [1.82, 2.24) is 19.3 Å². The highest BCUT2D eigenvalue weighted by Gasteiger charge is 2.15. The standard InChI is InChI=1S/C23H22FN5O3/c1-3-32-19-10-6-17(7-11-19)27-21(30)12-13-28-15(2)26-22-20(23(28)31)14-25-29(22)18-8-4-16(24)5-9-18/h4-11,14H,3,12-13H2,1-2H3,(H,27,30). The molecule has 4 rings (SSSR count). The molecule has 2 aromatic heterocycles. The number of carbonyl (C=O) groups is 1. The van der Waals surface area contributed by atoms with Crippen LogP contribution in [0.15, 0.2) is 59.5 Å². The molecule has 0 atom stereocenters. The Hall–Kier alpha value is -4.01. The summed E-state index contributed by atoms with van der Waals surface area (Å²) in [6.45, 7) is 4.35. The summed E-state index contributed by atoms with van der Waals surface area (Å²) < 4.78 is 21.6. The van der Waals surface area contributed by atoms with Gasteiger partial charge in [-0.2, -0.15) is 5.10 Å². The van der Waals surface area contributed by atoms with E-state index in [1.807, 2.05) is 6.92 Å². The van der Waals surface area contributed by atoms with Crippen molar-refractivity contribution in [3.8, 4) is 11.4 Å². The number of rotatable bonds is 7. The topological polar surface area (TPSA) is 91.0 Å². The van der Waals surface area contributed by atoms with Crippen LogP contribution in [0.5, 0.6) is 5.75 Å². The maximum atomic E-state index is 13.2. The van der Waals surface area contributed by atoms with Crippen molar-refractivity contribution >= 4 is 22.6 Å². The Morgan fingerprint density at radius 1 is 1.12 bits per heavy atom. The van der Waals surface area contributed by atoms with Crippen molar-refractivity contribution in [2.45, 2.75) is 26.8 Å². The molecule has 0 radical (unpaired) electrons. The van der Waals surface area contributed by atoms with Gasteiger partial charge in [-0.3, -0.25) is 14.2 Å². The molecule has 9 heteroatoms. The van der Waals surface area contributed by atoms with Gasteiger partial charge in [0.1, 0.15) is 22.8 Å². The molecule has 0 spiro atoms. The lowest BCUT2D eigenvalue weighted by molar-refractivity contribution is -0.116. The summed E-state index contributed by atoms with van der Waals surface area (Å²) in [5.41, 5.74) is 1.35. The van der Waals surface area contributed by atoms with Gasteiger partial charge in [-0.1, -0.05) is 0 Å². The van der Waals surface area contributed by atoms with E-state index in [1.165, 1.54) is 27.6 Å². The summed E-state index contributed by atoms with van der Waals surface area (Å²) in [5, 5.41) is 7.37. The Bertz CT molecular complexity index is 1310. The van der Waals surface area contributed by atoms with Gasteiger partial charge in [0.2, 0.25) is 5.91 Å². The highest BCUT2D eigenvalue weighted by molar-refractivity contribution is 5.90. The molecule has 0 bridgehead atoms. The van der Waals surface area contributed by atoms with E-state index in [4.69, 9.17) is 4.74 Å². The zero-order chi connectivity index (χ0) is 22.7. The normalized spacial score (nSPS) is 11.0. The first-order valence-electron chi connectivity index (χ1n) is 10.2. The van der Waals surface area contributed by atoms with E-state index in [0.29, 0.717) is 34.8 Å². The minimum atomic E-state index is -0.361. The quantitative estimate of drug-likeness (QED) is 0.480. The first-order valence-corrected chi connectivity index (χ1v) is 10.2. The molecule has 0 aliphatic rings. The van der Waals surface area contributed by atoms with E-state index in [2.05, 4.69) is 15.4 Å². The number of hydrogen-bond donors (Lipinski definition) is 1. The highest BCUT2D eigenvalue weighted by Crippen LogP contribution is 2.17. The van der Waals surface area contributed by atoms with Gasteiger partial charge in [0.25, 0.3) is 5.56 Å². The largest absolute Gasteiger partial charge is 0.494 e. The molecule has 0 unspecified atom stereocenters. The molecule has 1 N–H and O–H groups in total. The fraction of sp³-hybridized carbons (Fsp3) is 0.217. The summed E-state index contributed by atoms with van der Waals surface area (Å²) in [6, 6.07) is 12.9. The second-order valence-electron chi connectivity index (χ2n) is 7.14. The van der Waals surface area contributed by atoms with E-state index < -0.39 is 0 Å². The summed E-state index contributed by atoms with van der Waals surface area (Å²) in [7, 11) is 0. The smallest absolute Gasteiger partial charge is 0.264 e. The summed E-state index contributed by atoms with van der Waals surface area (Å²) in [5.74, 6) is 0.608. The average Bonchev–Trinajstić information content (AvgIpc) is 3.19. The SMILES string of the molecule is CCOc1ccc(NC(=O)CCn2c(C)nc3c(cnn3-c3ccc(F)cc3)c2=O)cc1. The summed E-state index contributed by atoms with van der Waals surface area (Å²) >= 11 is 0. The van der Waals surface area contributed by atoms with E-state index in [-0.39, 0.29) is 30.2 Å². The van der Waals surface area contributed by atoms with Gasteiger partial charge in [0, 0.05) is 18.7 Å². The zero-order valence-corrected chi connectivity index (χ0v) is 17.7. The molecule has 0 saturated carbocycles. The van der Waals surface area contributed by atoms with Gasteiger partial charge < -0.3 is 10.1 Å². The number of ether oxygens (including phenoxy) is 1. The number of nitrogens with one attached hydrogen (secondary N) is 1. The van der Waals surface area contributed by atoms with Gasteiger partial charge in [-0.15, -0.1) is 0 Å². The second-order valence-corrected chi connectivity index (χ2v) is 7.14. The Kier molecular flexibility index (Phi) is 5.98. The predicted octanol–water partition coefficient (Wildman–Crippen LogP) is 3.46. The molecule has 8 nitrogen and oxygen atoms in total. The molecule has 0 aliphatic heterocycles. The van der Waals surface area contributed by atoms with Crippen LogP contribution in [0.25, 0.3) is 16.7 Å². The van der Waals surface area contributed by atoms with Crippen molar-refractivity contribution in [2.24, 2.45) is 0 Å². The van der Waals surface area contributed by atoms with Crippen molar-refractivity contribution in [3.05, 3.63) is 76.7 Å². The van der Waals surface area contributed by atoms with Crippen LogP contribution in [-0.4, -0.2) is 31.8 Å². The number of carbonyl (C=O) groups excluding carboxylic acids is 1. The fourth-order valence-corrected chi connectivity index (χ4v) is 3.38. The van der Waals surface area contributed by atoms with Crippen LogP contribution in [0, 0.1) is 12.7 Å². The molecule has 2 heterocycles. The zero-order valence-electron chi connectivity index (χ0n) is 17.7. The van der Waals surface area contributed by atoms with Gasteiger partial charge in [0.05, 0.1) is 18.5 Å². The monoisotopic (exact) mass is 435 g/mol. The van der Waals surface area contributed by atoms with Gasteiger partial charge in [-0.05, 0) is 62.4 Å². The van der Waals surface area contributed by atoms with E-state index >= 15 is 0 Å². The van der Waals surface area contributed by atoms with Gasteiger partial charge >= 0.3 is 0 Å². The van der Waals surface area contributed by atoms with Crippen molar-refractivity contribution < 1.29 is 13.9 Å². The molecule has 0 aliphatic carbocycles. The Morgan fingerprint density at radius 2 is 1.84 bits per heavy atom. The fourth-order valence-electron chi connectivity index (χ4n) is 3.38. The molecule has 164 valence electrons. The molecule has 0 fully saturated rings. The lowest BCUT2D eigenvalue weighted by Crippen LogP contribution is -2.26. The first kappa shape index (κ1) is 21.2. The van der Waals surface area contributed by atoms with E-state index in [1.54, 1.807) is 43.3 Å². The molecule has 0 saturated heterocycles. The van der Waals surface area contributed by atoms with Crippen molar-refractivity contribution in [3.63, 3.8) is 0 Å². The second kappa shape index (κ2) is 9.01. The number of aryl methyl sites for hydroxylation is 1. The van der Waals surface area contributed by atoms with E-state index in [9.17, 15) is 14.0 Å². The molecular weight excluding hydrogens is 413 g/mol. The number of aromatic nitrogens is 4. The number of hydrogen-bond acceptors (Lipinski definition) is 5. The van der Waals surface area contributed by atoms with Crippen LogP contribution in [0.2, 0.25) is 0 Å². The lowest BCUT2D eigenvalue weighted by Gasteiger charge is -2.11. The number of amides is 1. The maximum Gasteiger partial charge on any atom is 0.264 e. The Labute approximate surface area is 183 Å². The summed E-state index contributed by atoms with van der Waals surface area (Å²) in [6.07, 6.45) is 1.54. The summed E-state index contributed by atoms with van der Waals surface area (Å²) in [4.78, 5) is 29.9. The Balaban J connectivity index is 1.50.